The molecule has 3 heteroatoms. The fourth-order valence-electron chi connectivity index (χ4n) is 1.41. The second-order valence-electron chi connectivity index (χ2n) is 3.63. The van der Waals surface area contributed by atoms with Gasteiger partial charge in [0.1, 0.15) is 0 Å². The van der Waals surface area contributed by atoms with Gasteiger partial charge in [-0.3, -0.25) is 0 Å². The van der Waals surface area contributed by atoms with Gasteiger partial charge in [-0.2, -0.15) is 0 Å². The van der Waals surface area contributed by atoms with Crippen molar-refractivity contribution in [2.75, 3.05) is 6.61 Å². The minimum absolute atomic E-state index is 0.396. The first-order valence-electron chi connectivity index (χ1n) is 5.65. The molecule has 0 saturated heterocycles. The molecule has 0 amide bonds. The predicted octanol–water partition coefficient (Wildman–Crippen LogP) is 2.67. The number of nitrogens with zero attached hydrogens (tertiary/aromatic N) is 1. The van der Waals surface area contributed by atoms with E-state index >= 15 is 0 Å². The summed E-state index contributed by atoms with van der Waals surface area (Å²) in [5.74, 6) is 0.396. The lowest BCUT2D eigenvalue weighted by Crippen LogP contribution is -2.28. The van der Waals surface area contributed by atoms with E-state index in [-0.39, 0.29) is 0 Å². The van der Waals surface area contributed by atoms with Crippen LogP contribution < -0.4 is 9.47 Å². The second kappa shape index (κ2) is 7.10. The number of hydrogen-bond acceptors (Lipinski definition) is 2. The maximum atomic E-state index is 11.2. The van der Waals surface area contributed by atoms with Crippen molar-refractivity contribution in [1.82, 2.24) is 0 Å². The first kappa shape index (κ1) is 11.8. The molecule has 1 aromatic rings. The monoisotopic (exact) mass is 209 g/mol. The van der Waals surface area contributed by atoms with E-state index in [0.29, 0.717) is 12.5 Å². The predicted molar refractivity (Wildman–Crippen MR) is 59.7 cm³/mol. The van der Waals surface area contributed by atoms with E-state index in [1.165, 1.54) is 31.9 Å². The van der Waals surface area contributed by atoms with Gasteiger partial charge in [0.15, 0.2) is 6.20 Å². The summed E-state index contributed by atoms with van der Waals surface area (Å²) < 4.78 is 6.12. The first-order chi connectivity index (χ1) is 7.34. The second-order valence-corrected chi connectivity index (χ2v) is 3.63. The molecule has 0 fully saturated rings. The first-order valence-corrected chi connectivity index (χ1v) is 5.65. The van der Waals surface area contributed by atoms with Gasteiger partial charge in [0.25, 0.3) is 0 Å². The van der Waals surface area contributed by atoms with Crippen LogP contribution in [0.25, 0.3) is 0 Å². The number of hydrogen-bond donors (Lipinski definition) is 0. The van der Waals surface area contributed by atoms with E-state index in [4.69, 9.17) is 4.74 Å². The van der Waals surface area contributed by atoms with Gasteiger partial charge < -0.3 is 9.94 Å². The maximum Gasteiger partial charge on any atom is 0.379 e. The van der Waals surface area contributed by atoms with E-state index < -0.39 is 0 Å². The van der Waals surface area contributed by atoms with Crippen molar-refractivity contribution in [3.05, 3.63) is 29.6 Å². The molecule has 0 saturated carbocycles. The van der Waals surface area contributed by atoms with Gasteiger partial charge in [-0.15, -0.1) is 4.73 Å². The zero-order chi connectivity index (χ0) is 10.9. The smallest absolute Gasteiger partial charge is 0.379 e. The van der Waals surface area contributed by atoms with E-state index in [0.717, 1.165) is 11.2 Å². The minimum Gasteiger partial charge on any atom is -0.616 e. The minimum atomic E-state index is 0.396. The highest BCUT2D eigenvalue weighted by Gasteiger charge is 2.02. The van der Waals surface area contributed by atoms with Gasteiger partial charge in [-0.1, -0.05) is 32.6 Å². The van der Waals surface area contributed by atoms with Crippen molar-refractivity contribution < 1.29 is 9.47 Å². The largest absolute Gasteiger partial charge is 0.616 e. The fourth-order valence-corrected chi connectivity index (χ4v) is 1.41. The highest BCUT2D eigenvalue weighted by atomic mass is 16.5. The molecule has 0 unspecified atom stereocenters. The highest BCUT2D eigenvalue weighted by molar-refractivity contribution is 5.02. The summed E-state index contributed by atoms with van der Waals surface area (Å²) in [6, 6.07) is 5.20. The summed E-state index contributed by atoms with van der Waals surface area (Å²) in [4.78, 5) is 0. The molecule has 1 aromatic heterocycles. The molecule has 0 aliphatic heterocycles. The average Bonchev–Trinajstić information content (AvgIpc) is 2.25. The molecule has 0 aromatic carbocycles. The van der Waals surface area contributed by atoms with Crippen LogP contribution in [0.2, 0.25) is 0 Å². The van der Waals surface area contributed by atoms with Crippen molar-refractivity contribution in [1.29, 1.82) is 0 Å². The van der Waals surface area contributed by atoms with Crippen LogP contribution in [0, 0.1) is 5.21 Å². The Balaban J connectivity index is 2.12. The molecular formula is C12H19NO2. The SMILES string of the molecule is CCCCCCCOc1cccc[n+]1[O-]. The standard InChI is InChI=1S/C12H19NO2/c1-2-3-4-5-8-11-15-12-9-6-7-10-13(12)14/h6-7,9-10H,2-5,8,11H2,1H3. The van der Waals surface area contributed by atoms with E-state index in [2.05, 4.69) is 6.92 Å². The van der Waals surface area contributed by atoms with Crippen molar-refractivity contribution >= 4 is 0 Å². The molecule has 1 rings (SSSR count). The molecule has 15 heavy (non-hydrogen) atoms. The Bertz CT molecular complexity index is 276. The molecule has 0 spiro atoms. The third-order valence-corrected chi connectivity index (χ3v) is 2.29. The molecule has 3 nitrogen and oxygen atoms in total. The van der Waals surface area contributed by atoms with Gasteiger partial charge in [-0.25, -0.2) is 0 Å². The lowest BCUT2D eigenvalue weighted by atomic mass is 10.2. The molecule has 0 aliphatic carbocycles. The number of pyridine rings is 1. The van der Waals surface area contributed by atoms with Gasteiger partial charge >= 0.3 is 5.88 Å². The number of aromatic nitrogens is 1. The summed E-state index contributed by atoms with van der Waals surface area (Å²) >= 11 is 0. The van der Waals surface area contributed by atoms with Gasteiger partial charge in [0.2, 0.25) is 0 Å². The normalized spacial score (nSPS) is 10.2. The molecule has 1 heterocycles. The molecular weight excluding hydrogens is 190 g/mol. The fraction of sp³-hybridized carbons (Fsp3) is 0.583. The van der Waals surface area contributed by atoms with Crippen molar-refractivity contribution in [2.24, 2.45) is 0 Å². The van der Waals surface area contributed by atoms with Crippen molar-refractivity contribution in [3.8, 4) is 5.88 Å². The number of unbranched alkanes of at least 4 members (excludes halogenated alkanes) is 4. The molecule has 84 valence electrons. The highest BCUT2D eigenvalue weighted by Crippen LogP contribution is 2.05. The van der Waals surface area contributed by atoms with E-state index in [1.54, 1.807) is 18.2 Å². The Morgan fingerprint density at radius 3 is 2.73 bits per heavy atom. The Hall–Kier alpha value is -1.25. The number of ether oxygens (including phenoxy) is 1. The van der Waals surface area contributed by atoms with Crippen LogP contribution in [0.3, 0.4) is 0 Å². The van der Waals surface area contributed by atoms with Crippen LogP contribution in [0.4, 0.5) is 0 Å². The third kappa shape index (κ3) is 4.68. The lowest BCUT2D eigenvalue weighted by molar-refractivity contribution is -0.612. The van der Waals surface area contributed by atoms with Crippen LogP contribution in [-0.2, 0) is 0 Å². The molecule has 0 bridgehead atoms. The van der Waals surface area contributed by atoms with Crippen LogP contribution in [0.1, 0.15) is 39.0 Å². The van der Waals surface area contributed by atoms with E-state index in [1.807, 2.05) is 0 Å². The van der Waals surface area contributed by atoms with Crippen molar-refractivity contribution in [3.63, 3.8) is 0 Å². The average molecular weight is 209 g/mol. The van der Waals surface area contributed by atoms with Gasteiger partial charge in [0.05, 0.1) is 12.7 Å². The van der Waals surface area contributed by atoms with Crippen LogP contribution >= 0.6 is 0 Å². The zero-order valence-electron chi connectivity index (χ0n) is 9.32. The Morgan fingerprint density at radius 1 is 1.20 bits per heavy atom. The Kier molecular flexibility index (Phi) is 5.59. The third-order valence-electron chi connectivity index (χ3n) is 2.29. The summed E-state index contributed by atoms with van der Waals surface area (Å²) in [7, 11) is 0. The van der Waals surface area contributed by atoms with E-state index in [9.17, 15) is 5.21 Å². The van der Waals surface area contributed by atoms with Crippen molar-refractivity contribution in [2.45, 2.75) is 39.0 Å². The van der Waals surface area contributed by atoms with Crippen LogP contribution in [0.15, 0.2) is 24.4 Å². The summed E-state index contributed by atoms with van der Waals surface area (Å²) in [6.45, 7) is 2.83. The maximum absolute atomic E-state index is 11.2. The summed E-state index contributed by atoms with van der Waals surface area (Å²) in [5.41, 5.74) is 0. The topological polar surface area (TPSA) is 36.2 Å². The quantitative estimate of drug-likeness (QED) is 0.393. The summed E-state index contributed by atoms with van der Waals surface area (Å²) in [6.07, 6.45) is 7.44. The zero-order valence-corrected chi connectivity index (χ0v) is 9.32. The Morgan fingerprint density at radius 2 is 2.00 bits per heavy atom. The molecule has 0 N–H and O–H groups in total. The number of rotatable bonds is 7. The van der Waals surface area contributed by atoms with Gasteiger partial charge in [0, 0.05) is 6.07 Å². The molecule has 0 atom stereocenters. The summed E-state index contributed by atoms with van der Waals surface area (Å²) in [5, 5.41) is 11.2. The molecule has 0 radical (unpaired) electrons. The lowest BCUT2D eigenvalue weighted by Gasteiger charge is -2.05. The van der Waals surface area contributed by atoms with Crippen LogP contribution in [0.5, 0.6) is 5.88 Å². The van der Waals surface area contributed by atoms with Crippen LogP contribution in [-0.4, -0.2) is 6.61 Å². The Labute approximate surface area is 91.3 Å². The van der Waals surface area contributed by atoms with Gasteiger partial charge in [-0.05, 0) is 12.5 Å². The molecule has 0 aliphatic rings.